The molecule has 0 fully saturated rings. The van der Waals surface area contributed by atoms with Crippen molar-refractivity contribution < 1.29 is 4.74 Å². The van der Waals surface area contributed by atoms with Crippen LogP contribution in [0.4, 0.5) is 5.95 Å². The quantitative estimate of drug-likeness (QED) is 0.535. The third-order valence-electron chi connectivity index (χ3n) is 1.66. The van der Waals surface area contributed by atoms with Gasteiger partial charge >= 0.3 is 0 Å². The van der Waals surface area contributed by atoms with E-state index in [2.05, 4.69) is 15.4 Å². The van der Waals surface area contributed by atoms with Gasteiger partial charge in [-0.3, -0.25) is 5.43 Å². The van der Waals surface area contributed by atoms with Crippen molar-refractivity contribution in [1.82, 2.24) is 9.97 Å². The van der Waals surface area contributed by atoms with Gasteiger partial charge in [0.05, 0.1) is 6.10 Å². The summed E-state index contributed by atoms with van der Waals surface area (Å²) in [5.74, 6) is 6.05. The van der Waals surface area contributed by atoms with Crippen LogP contribution < -0.4 is 16.0 Å². The Hall–Kier alpha value is -1.36. The molecule has 1 aromatic heterocycles. The molecule has 0 spiro atoms. The van der Waals surface area contributed by atoms with Crippen LogP contribution in [0.15, 0.2) is 12.3 Å². The van der Waals surface area contributed by atoms with Crippen molar-refractivity contribution in [3.63, 3.8) is 0 Å². The second-order valence-electron chi connectivity index (χ2n) is 2.70. The molecular formula is C8H14N4O. The Morgan fingerprint density at radius 2 is 2.46 bits per heavy atom. The summed E-state index contributed by atoms with van der Waals surface area (Å²) in [5.41, 5.74) is 2.36. The number of hydrogen-bond acceptors (Lipinski definition) is 5. The van der Waals surface area contributed by atoms with Crippen molar-refractivity contribution in [3.05, 3.63) is 12.3 Å². The predicted octanol–water partition coefficient (Wildman–Crippen LogP) is 0.939. The highest BCUT2D eigenvalue weighted by Crippen LogP contribution is 2.10. The zero-order chi connectivity index (χ0) is 9.68. The fourth-order valence-corrected chi connectivity index (χ4v) is 0.767. The Kier molecular flexibility index (Phi) is 3.45. The molecule has 5 heteroatoms. The Bertz CT molecular complexity index is 266. The van der Waals surface area contributed by atoms with Gasteiger partial charge in [0.25, 0.3) is 0 Å². The number of ether oxygens (including phenoxy) is 1. The van der Waals surface area contributed by atoms with E-state index in [-0.39, 0.29) is 6.10 Å². The molecule has 0 radical (unpaired) electrons. The number of hydrogen-bond donors (Lipinski definition) is 2. The smallest absolute Gasteiger partial charge is 0.240 e. The second-order valence-corrected chi connectivity index (χ2v) is 2.70. The number of anilines is 1. The number of aromatic nitrogens is 2. The first-order chi connectivity index (χ1) is 6.26. The van der Waals surface area contributed by atoms with Gasteiger partial charge in [-0.05, 0) is 13.3 Å². The molecule has 0 amide bonds. The van der Waals surface area contributed by atoms with Crippen LogP contribution in [0.3, 0.4) is 0 Å². The lowest BCUT2D eigenvalue weighted by molar-refractivity contribution is 0.208. The van der Waals surface area contributed by atoms with E-state index >= 15 is 0 Å². The molecule has 1 atom stereocenters. The van der Waals surface area contributed by atoms with Gasteiger partial charge in [0.1, 0.15) is 0 Å². The number of nitrogens with one attached hydrogen (secondary N) is 1. The van der Waals surface area contributed by atoms with Crippen LogP contribution in [-0.4, -0.2) is 16.1 Å². The molecule has 0 aliphatic heterocycles. The number of nitrogens with zero attached hydrogens (tertiary/aromatic N) is 2. The van der Waals surface area contributed by atoms with E-state index in [4.69, 9.17) is 10.6 Å². The molecule has 0 aromatic carbocycles. The average Bonchev–Trinajstić information content (AvgIpc) is 2.18. The summed E-state index contributed by atoms with van der Waals surface area (Å²) in [7, 11) is 0. The van der Waals surface area contributed by atoms with E-state index in [1.165, 1.54) is 0 Å². The number of rotatable bonds is 4. The van der Waals surface area contributed by atoms with Crippen LogP contribution in [0, 0.1) is 0 Å². The zero-order valence-corrected chi connectivity index (χ0v) is 7.82. The Labute approximate surface area is 77.3 Å². The minimum atomic E-state index is 0.153. The van der Waals surface area contributed by atoms with Crippen molar-refractivity contribution in [1.29, 1.82) is 0 Å². The minimum absolute atomic E-state index is 0.153. The molecule has 1 heterocycles. The van der Waals surface area contributed by atoms with E-state index in [1.54, 1.807) is 12.3 Å². The van der Waals surface area contributed by atoms with E-state index in [9.17, 15) is 0 Å². The summed E-state index contributed by atoms with van der Waals surface area (Å²) < 4.78 is 5.46. The molecule has 72 valence electrons. The maximum absolute atomic E-state index is 5.46. The fraction of sp³-hybridized carbons (Fsp3) is 0.500. The summed E-state index contributed by atoms with van der Waals surface area (Å²) >= 11 is 0. The molecule has 13 heavy (non-hydrogen) atoms. The number of nitrogen functional groups attached to an aromatic ring is 1. The molecule has 0 bridgehead atoms. The van der Waals surface area contributed by atoms with E-state index in [1.807, 2.05) is 13.8 Å². The molecule has 0 saturated carbocycles. The fourth-order valence-electron chi connectivity index (χ4n) is 0.767. The highest BCUT2D eigenvalue weighted by Gasteiger charge is 2.02. The van der Waals surface area contributed by atoms with E-state index < -0.39 is 0 Å². The zero-order valence-electron chi connectivity index (χ0n) is 7.82. The highest BCUT2D eigenvalue weighted by molar-refractivity contribution is 5.25. The lowest BCUT2D eigenvalue weighted by Gasteiger charge is -2.11. The first kappa shape index (κ1) is 9.73. The normalized spacial score (nSPS) is 12.2. The van der Waals surface area contributed by atoms with E-state index in [0.717, 1.165) is 6.42 Å². The van der Waals surface area contributed by atoms with Crippen molar-refractivity contribution in [2.24, 2.45) is 5.84 Å². The van der Waals surface area contributed by atoms with Gasteiger partial charge in [-0.25, -0.2) is 10.8 Å². The van der Waals surface area contributed by atoms with Crippen LogP contribution in [0.1, 0.15) is 20.3 Å². The van der Waals surface area contributed by atoms with Crippen LogP contribution in [0.25, 0.3) is 0 Å². The Morgan fingerprint density at radius 1 is 1.69 bits per heavy atom. The van der Waals surface area contributed by atoms with Crippen LogP contribution in [0.2, 0.25) is 0 Å². The Balaban J connectivity index is 2.66. The van der Waals surface area contributed by atoms with Crippen molar-refractivity contribution in [2.45, 2.75) is 26.4 Å². The molecule has 5 nitrogen and oxygen atoms in total. The molecule has 0 saturated heterocycles. The van der Waals surface area contributed by atoms with Gasteiger partial charge in [-0.2, -0.15) is 4.98 Å². The maximum Gasteiger partial charge on any atom is 0.240 e. The largest absolute Gasteiger partial charge is 0.475 e. The summed E-state index contributed by atoms with van der Waals surface area (Å²) in [6, 6.07) is 1.70. The third kappa shape index (κ3) is 2.87. The molecule has 1 aromatic rings. The van der Waals surface area contributed by atoms with Crippen LogP contribution in [0.5, 0.6) is 5.88 Å². The maximum atomic E-state index is 5.46. The number of nitrogens with two attached hydrogens (primary N) is 1. The summed E-state index contributed by atoms with van der Waals surface area (Å²) in [6.07, 6.45) is 2.69. The standard InChI is InChI=1S/C8H14N4O/c1-3-6(2)13-7-4-5-10-8(11-7)12-9/h4-6H,3,9H2,1-2H3,(H,10,11,12). The Morgan fingerprint density at radius 3 is 3.08 bits per heavy atom. The first-order valence-electron chi connectivity index (χ1n) is 4.22. The molecular weight excluding hydrogens is 168 g/mol. The summed E-state index contributed by atoms with van der Waals surface area (Å²) in [4.78, 5) is 7.87. The molecule has 3 N–H and O–H groups in total. The second kappa shape index (κ2) is 4.61. The SMILES string of the molecule is CCC(C)Oc1ccnc(NN)n1. The molecule has 1 unspecified atom stereocenters. The lowest BCUT2D eigenvalue weighted by Crippen LogP contribution is -2.14. The van der Waals surface area contributed by atoms with Gasteiger partial charge in [0, 0.05) is 12.3 Å². The monoisotopic (exact) mass is 182 g/mol. The van der Waals surface area contributed by atoms with Gasteiger partial charge in [0.2, 0.25) is 11.8 Å². The molecule has 0 aliphatic rings. The highest BCUT2D eigenvalue weighted by atomic mass is 16.5. The lowest BCUT2D eigenvalue weighted by atomic mass is 10.3. The van der Waals surface area contributed by atoms with Gasteiger partial charge in [-0.1, -0.05) is 6.92 Å². The third-order valence-corrected chi connectivity index (χ3v) is 1.66. The molecule has 1 rings (SSSR count). The van der Waals surface area contributed by atoms with Gasteiger partial charge in [0.15, 0.2) is 0 Å². The van der Waals surface area contributed by atoms with Gasteiger partial charge < -0.3 is 4.74 Å². The minimum Gasteiger partial charge on any atom is -0.475 e. The van der Waals surface area contributed by atoms with Gasteiger partial charge in [-0.15, -0.1) is 0 Å². The number of hydrazine groups is 1. The predicted molar refractivity (Wildman–Crippen MR) is 50.2 cm³/mol. The van der Waals surface area contributed by atoms with Crippen molar-refractivity contribution >= 4 is 5.95 Å². The first-order valence-corrected chi connectivity index (χ1v) is 4.22. The topological polar surface area (TPSA) is 73.1 Å². The average molecular weight is 182 g/mol. The van der Waals surface area contributed by atoms with Crippen LogP contribution in [-0.2, 0) is 0 Å². The van der Waals surface area contributed by atoms with Crippen molar-refractivity contribution in [3.8, 4) is 5.88 Å². The molecule has 0 aliphatic carbocycles. The summed E-state index contributed by atoms with van der Waals surface area (Å²) in [6.45, 7) is 4.03. The van der Waals surface area contributed by atoms with Crippen LogP contribution >= 0.6 is 0 Å². The van der Waals surface area contributed by atoms with E-state index in [0.29, 0.717) is 11.8 Å². The summed E-state index contributed by atoms with van der Waals surface area (Å²) in [5, 5.41) is 0. The van der Waals surface area contributed by atoms with Crippen molar-refractivity contribution in [2.75, 3.05) is 5.43 Å².